The molecule has 1 aliphatic carbocycles. The van der Waals surface area contributed by atoms with Crippen LogP contribution in [0.15, 0.2) is 12.1 Å². The van der Waals surface area contributed by atoms with Crippen molar-refractivity contribution in [2.45, 2.75) is 58.2 Å². The third-order valence-corrected chi connectivity index (χ3v) is 6.11. The summed E-state index contributed by atoms with van der Waals surface area (Å²) in [4.78, 5) is 5.81. The number of nitrogens with one attached hydrogen (secondary N) is 1. The topological polar surface area (TPSA) is 15.3 Å². The number of rotatable bonds is 4. The summed E-state index contributed by atoms with van der Waals surface area (Å²) in [5.74, 6) is 0.915. The fraction of sp³-hybridized carbons (Fsp3) is 0.750. The van der Waals surface area contributed by atoms with Gasteiger partial charge in [-0.3, -0.25) is 4.90 Å². The van der Waals surface area contributed by atoms with Crippen molar-refractivity contribution in [1.29, 1.82) is 0 Å². The minimum atomic E-state index is 0.378. The van der Waals surface area contributed by atoms with Crippen LogP contribution in [0.25, 0.3) is 0 Å². The van der Waals surface area contributed by atoms with E-state index in [-0.39, 0.29) is 0 Å². The molecule has 2 atom stereocenters. The lowest BCUT2D eigenvalue weighted by atomic mass is 9.89. The van der Waals surface area contributed by atoms with E-state index in [1.54, 1.807) is 0 Å². The molecule has 1 aromatic heterocycles. The second-order valence-corrected chi connectivity index (χ2v) is 7.77. The van der Waals surface area contributed by atoms with Crippen LogP contribution in [-0.2, 0) is 13.0 Å². The van der Waals surface area contributed by atoms with Crippen LogP contribution in [0.4, 0.5) is 0 Å². The molecule has 2 aliphatic rings. The molecule has 19 heavy (non-hydrogen) atoms. The lowest BCUT2D eigenvalue weighted by Gasteiger charge is -2.48. The van der Waals surface area contributed by atoms with E-state index in [0.717, 1.165) is 19.0 Å². The highest BCUT2D eigenvalue weighted by molar-refractivity contribution is 7.11. The molecule has 1 saturated heterocycles. The molecule has 0 radical (unpaired) electrons. The molecule has 0 amide bonds. The van der Waals surface area contributed by atoms with E-state index in [2.05, 4.69) is 43.1 Å². The van der Waals surface area contributed by atoms with Gasteiger partial charge in [-0.25, -0.2) is 0 Å². The standard InChI is InChI=1S/C16H26N2S/c1-4-14-7-8-15(19-14)10-18-9-12(2)17-11-16(18,3)13-5-6-13/h7-8,12-13,17H,4-6,9-11H2,1-3H3. The number of hydrogen-bond donors (Lipinski definition) is 1. The average molecular weight is 278 g/mol. The molecule has 2 nitrogen and oxygen atoms in total. The summed E-state index contributed by atoms with van der Waals surface area (Å²) in [6.07, 6.45) is 4.02. The normalized spacial score (nSPS) is 32.7. The smallest absolute Gasteiger partial charge is 0.0338 e. The maximum Gasteiger partial charge on any atom is 0.0338 e. The molecule has 1 N–H and O–H groups in total. The van der Waals surface area contributed by atoms with Gasteiger partial charge in [-0.05, 0) is 51.2 Å². The molecule has 2 heterocycles. The maximum absolute atomic E-state index is 3.69. The molecule has 1 aromatic rings. The minimum absolute atomic E-state index is 0.378. The number of aryl methyl sites for hydroxylation is 1. The fourth-order valence-electron chi connectivity index (χ4n) is 3.33. The first kappa shape index (κ1) is 13.6. The van der Waals surface area contributed by atoms with Crippen LogP contribution in [0.3, 0.4) is 0 Å². The van der Waals surface area contributed by atoms with Crippen molar-refractivity contribution in [2.24, 2.45) is 5.92 Å². The summed E-state index contributed by atoms with van der Waals surface area (Å²) in [6, 6.07) is 5.27. The van der Waals surface area contributed by atoms with Gasteiger partial charge in [0.25, 0.3) is 0 Å². The van der Waals surface area contributed by atoms with E-state index >= 15 is 0 Å². The van der Waals surface area contributed by atoms with Crippen molar-refractivity contribution >= 4 is 11.3 Å². The molecule has 0 spiro atoms. The number of piperazine rings is 1. The molecule has 3 rings (SSSR count). The van der Waals surface area contributed by atoms with Gasteiger partial charge in [-0.2, -0.15) is 0 Å². The Kier molecular flexibility index (Phi) is 3.71. The molecule has 2 unspecified atom stereocenters. The summed E-state index contributed by atoms with van der Waals surface area (Å²) in [5.41, 5.74) is 0.378. The van der Waals surface area contributed by atoms with Gasteiger partial charge >= 0.3 is 0 Å². The van der Waals surface area contributed by atoms with E-state index in [1.807, 2.05) is 11.3 Å². The zero-order chi connectivity index (χ0) is 13.5. The molecule has 106 valence electrons. The van der Waals surface area contributed by atoms with E-state index in [0.29, 0.717) is 11.6 Å². The quantitative estimate of drug-likeness (QED) is 0.909. The van der Waals surface area contributed by atoms with Gasteiger partial charge in [0, 0.05) is 41.0 Å². The van der Waals surface area contributed by atoms with Crippen LogP contribution in [0.2, 0.25) is 0 Å². The van der Waals surface area contributed by atoms with Crippen molar-refractivity contribution in [1.82, 2.24) is 10.2 Å². The van der Waals surface area contributed by atoms with Gasteiger partial charge in [0.1, 0.15) is 0 Å². The largest absolute Gasteiger partial charge is 0.311 e. The molecular formula is C16H26N2S. The van der Waals surface area contributed by atoms with Crippen molar-refractivity contribution in [2.75, 3.05) is 13.1 Å². The molecule has 2 fully saturated rings. The van der Waals surface area contributed by atoms with Gasteiger partial charge in [0.05, 0.1) is 0 Å². The molecule has 3 heteroatoms. The maximum atomic E-state index is 3.69. The van der Waals surface area contributed by atoms with E-state index in [9.17, 15) is 0 Å². The van der Waals surface area contributed by atoms with Gasteiger partial charge < -0.3 is 5.32 Å². The van der Waals surface area contributed by atoms with Gasteiger partial charge in [0.2, 0.25) is 0 Å². The third-order valence-electron chi connectivity index (χ3n) is 4.89. The Morgan fingerprint density at radius 2 is 2.11 bits per heavy atom. The SMILES string of the molecule is CCc1ccc(CN2CC(C)NCC2(C)C2CC2)s1. The second-order valence-electron chi connectivity index (χ2n) is 6.52. The first-order chi connectivity index (χ1) is 9.11. The lowest BCUT2D eigenvalue weighted by molar-refractivity contribution is 0.0320. The molecular weight excluding hydrogens is 252 g/mol. The Bertz CT molecular complexity index is 438. The van der Waals surface area contributed by atoms with Gasteiger partial charge in [-0.1, -0.05) is 6.92 Å². The average Bonchev–Trinajstić information content (AvgIpc) is 3.16. The highest BCUT2D eigenvalue weighted by atomic mass is 32.1. The van der Waals surface area contributed by atoms with Gasteiger partial charge in [-0.15, -0.1) is 11.3 Å². The lowest BCUT2D eigenvalue weighted by Crippen LogP contribution is -2.63. The van der Waals surface area contributed by atoms with E-state index in [1.165, 1.54) is 35.6 Å². The summed E-state index contributed by atoms with van der Waals surface area (Å²) in [6.45, 7) is 10.5. The third kappa shape index (κ3) is 2.74. The van der Waals surface area contributed by atoms with Crippen LogP contribution >= 0.6 is 11.3 Å². The summed E-state index contributed by atoms with van der Waals surface area (Å²) in [5, 5.41) is 3.69. The zero-order valence-electron chi connectivity index (χ0n) is 12.4. The second kappa shape index (κ2) is 5.19. The Balaban J connectivity index is 1.75. The van der Waals surface area contributed by atoms with E-state index in [4.69, 9.17) is 0 Å². The van der Waals surface area contributed by atoms with Crippen LogP contribution < -0.4 is 5.32 Å². The number of hydrogen-bond acceptors (Lipinski definition) is 3. The van der Waals surface area contributed by atoms with Crippen LogP contribution in [-0.4, -0.2) is 29.6 Å². The van der Waals surface area contributed by atoms with E-state index < -0.39 is 0 Å². The Morgan fingerprint density at radius 1 is 1.37 bits per heavy atom. The predicted molar refractivity (Wildman–Crippen MR) is 82.7 cm³/mol. The zero-order valence-corrected chi connectivity index (χ0v) is 13.2. The first-order valence-corrected chi connectivity index (χ1v) is 8.49. The van der Waals surface area contributed by atoms with Crippen LogP contribution in [0.5, 0.6) is 0 Å². The van der Waals surface area contributed by atoms with Crippen molar-refractivity contribution in [3.8, 4) is 0 Å². The first-order valence-electron chi connectivity index (χ1n) is 7.68. The minimum Gasteiger partial charge on any atom is -0.311 e. The highest BCUT2D eigenvalue weighted by Crippen LogP contribution is 2.44. The van der Waals surface area contributed by atoms with Crippen LogP contribution in [0, 0.1) is 5.92 Å². The summed E-state index contributed by atoms with van der Waals surface area (Å²) < 4.78 is 0. The Labute approximate surface area is 121 Å². The van der Waals surface area contributed by atoms with Crippen molar-refractivity contribution in [3.63, 3.8) is 0 Å². The predicted octanol–water partition coefficient (Wildman–Crippen LogP) is 3.27. The van der Waals surface area contributed by atoms with Crippen molar-refractivity contribution in [3.05, 3.63) is 21.9 Å². The Hall–Kier alpha value is -0.380. The molecule has 0 aromatic carbocycles. The monoisotopic (exact) mass is 278 g/mol. The fourth-order valence-corrected chi connectivity index (χ4v) is 4.31. The highest BCUT2D eigenvalue weighted by Gasteiger charge is 2.47. The molecule has 1 aliphatic heterocycles. The summed E-state index contributed by atoms with van der Waals surface area (Å²) >= 11 is 2.00. The van der Waals surface area contributed by atoms with Crippen LogP contribution in [0.1, 0.15) is 43.4 Å². The molecule has 1 saturated carbocycles. The molecule has 0 bridgehead atoms. The summed E-state index contributed by atoms with van der Waals surface area (Å²) in [7, 11) is 0. The number of thiophene rings is 1. The van der Waals surface area contributed by atoms with Gasteiger partial charge in [0.15, 0.2) is 0 Å². The Morgan fingerprint density at radius 3 is 2.74 bits per heavy atom. The van der Waals surface area contributed by atoms with Crippen molar-refractivity contribution < 1.29 is 0 Å². The number of nitrogens with zero attached hydrogens (tertiary/aromatic N) is 1.